The second-order valence-corrected chi connectivity index (χ2v) is 23.9. The summed E-state index contributed by atoms with van der Waals surface area (Å²) in [6.07, 6.45) is 8.12. The van der Waals surface area contributed by atoms with E-state index in [9.17, 15) is 27.6 Å². The molecule has 18 nitrogen and oxygen atoms in total. The smallest absolute Gasteiger partial charge is 0.303 e. The fourth-order valence-corrected chi connectivity index (χ4v) is 13.1. The molecule has 10 heterocycles. The highest BCUT2D eigenvalue weighted by molar-refractivity contribution is 9.11. The van der Waals surface area contributed by atoms with E-state index < -0.39 is 16.0 Å². The number of nitrogen functional groups attached to an aromatic ring is 2. The van der Waals surface area contributed by atoms with Crippen molar-refractivity contribution < 1.29 is 37.9 Å². The number of carbonyl (C=O) groups excluding carboxylic acids is 3. The molecule has 72 heavy (non-hydrogen) atoms. The SMILES string of the molecule is CCN(C)S(=O)(=O)c1ccc(-c2cnc(N)c(-c3cc4c(s3)C(=O)NCC4)c2)nc1.CNO.Nc1ncc(Br)cc1-c1cc2c(s1)C(=O)NCC2.O=C(O)CCc1ccsc1.O=C1NCCc2cc(Br)sc21. The fraction of sp³-hybridized carbons (Fsp3) is 0.255. The number of nitrogens with two attached hydrogens (primary N) is 2. The number of sulfonamides is 1. The third-order valence-electron chi connectivity index (χ3n) is 10.8. The van der Waals surface area contributed by atoms with E-state index in [1.807, 2.05) is 47.2 Å². The molecule has 3 aliphatic rings. The largest absolute Gasteiger partial charge is 0.481 e. The normalized spacial score (nSPS) is 13.3. The standard InChI is InChI=1S/C20H21N5O3S2.C12H10BrN3OS.C7H6BrNOS.C7H8O2S.CH5NO/c1-3-25(2)30(27,28)14-4-5-16(23-11-14)13-8-15(19(21)24-10-13)17-9-12-6-7-22-20(26)18(12)29-17;13-7-4-8(11(14)16-5-7)9-3-6-1-2-15-12(17)10(6)18-9;8-5-3-4-1-2-9-7(10)6(4)11-5;8-7(9)2-1-6-3-4-10-5-6;1-2-3/h4-5,8-11H,3,6-7H2,1-2H3,(H2,21,24)(H,22,26);3-5H,1-2H2,(H2,14,16)(H,15,17);3H,1-2H2,(H,9,10);3-5H,1-2H2,(H,8,9);2-3H,1H3. The molecule has 0 aliphatic carbocycles. The number of fused-ring (bicyclic) bond motifs is 3. The van der Waals surface area contributed by atoms with Gasteiger partial charge >= 0.3 is 5.97 Å². The molecule has 0 spiro atoms. The highest BCUT2D eigenvalue weighted by Gasteiger charge is 2.24. The highest BCUT2D eigenvalue weighted by atomic mass is 79.9. The van der Waals surface area contributed by atoms with Crippen LogP contribution in [0.4, 0.5) is 11.6 Å². The van der Waals surface area contributed by atoms with Crippen molar-refractivity contribution in [3.05, 3.63) is 123 Å². The average molecular weight is 1200 g/mol. The van der Waals surface area contributed by atoms with Crippen molar-refractivity contribution in [2.24, 2.45) is 0 Å². The summed E-state index contributed by atoms with van der Waals surface area (Å²) in [5.41, 5.74) is 21.0. The van der Waals surface area contributed by atoms with E-state index in [-0.39, 0.29) is 29.0 Å². The van der Waals surface area contributed by atoms with Gasteiger partial charge in [0.15, 0.2) is 0 Å². The average Bonchev–Trinajstić information content (AvgIpc) is 4.20. The van der Waals surface area contributed by atoms with Gasteiger partial charge in [0, 0.05) is 96.2 Å². The van der Waals surface area contributed by atoms with Crippen LogP contribution in [0.25, 0.3) is 32.1 Å². The molecule has 3 aliphatic heterocycles. The second-order valence-electron chi connectivity index (χ2n) is 15.6. The molecule has 10 rings (SSSR count). The maximum atomic E-state index is 12.4. The van der Waals surface area contributed by atoms with E-state index in [0.717, 1.165) is 81.4 Å². The fourth-order valence-electron chi connectivity index (χ4n) is 7.02. The molecule has 380 valence electrons. The lowest BCUT2D eigenvalue weighted by Crippen LogP contribution is -2.30. The molecular formula is C47H50Br2N10O8S5. The van der Waals surface area contributed by atoms with E-state index in [4.69, 9.17) is 21.8 Å². The van der Waals surface area contributed by atoms with Crippen LogP contribution in [0.15, 0.2) is 91.0 Å². The number of halogens is 2. The summed E-state index contributed by atoms with van der Waals surface area (Å²) in [4.78, 5) is 62.2. The number of anilines is 2. The predicted molar refractivity (Wildman–Crippen MR) is 292 cm³/mol. The Morgan fingerprint density at radius 3 is 1.78 bits per heavy atom. The van der Waals surface area contributed by atoms with Crippen LogP contribution >= 0.6 is 77.2 Å². The van der Waals surface area contributed by atoms with Gasteiger partial charge in [-0.1, -0.05) is 6.92 Å². The van der Waals surface area contributed by atoms with E-state index in [2.05, 4.69) is 62.8 Å². The molecule has 0 bridgehead atoms. The topological polar surface area (TPSA) is 285 Å². The number of pyridine rings is 3. The molecule has 0 fully saturated rings. The summed E-state index contributed by atoms with van der Waals surface area (Å²) in [7, 11) is -0.595. The first kappa shape index (κ1) is 55.8. The Morgan fingerprint density at radius 2 is 1.31 bits per heavy atom. The lowest BCUT2D eigenvalue weighted by atomic mass is 10.1. The molecule has 0 saturated carbocycles. The number of hydrogen-bond donors (Lipinski definition) is 8. The summed E-state index contributed by atoms with van der Waals surface area (Å²) in [5, 5.41) is 28.1. The number of hydrogen-bond acceptors (Lipinski definition) is 17. The number of amides is 3. The van der Waals surface area contributed by atoms with Crippen LogP contribution in [-0.4, -0.2) is 102 Å². The first-order valence-electron chi connectivity index (χ1n) is 22.0. The number of nitrogens with one attached hydrogen (secondary N) is 4. The van der Waals surface area contributed by atoms with Crippen LogP contribution in [0, 0.1) is 0 Å². The number of aryl methyl sites for hydroxylation is 1. The van der Waals surface area contributed by atoms with Crippen LogP contribution in [-0.2, 0) is 40.5 Å². The molecule has 3 amide bonds. The Kier molecular flexibility index (Phi) is 20.1. The molecule has 0 atom stereocenters. The van der Waals surface area contributed by atoms with E-state index in [1.54, 1.807) is 42.2 Å². The van der Waals surface area contributed by atoms with Gasteiger partial charge in [-0.25, -0.2) is 28.2 Å². The molecule has 0 unspecified atom stereocenters. The van der Waals surface area contributed by atoms with Crippen molar-refractivity contribution in [1.29, 1.82) is 0 Å². The minimum absolute atomic E-state index is 0.00836. The second kappa shape index (κ2) is 26.0. The Hall–Kier alpha value is -5.48. The van der Waals surface area contributed by atoms with Crippen molar-refractivity contribution in [1.82, 2.24) is 40.7 Å². The van der Waals surface area contributed by atoms with Crippen LogP contribution in [0.3, 0.4) is 0 Å². The van der Waals surface area contributed by atoms with Gasteiger partial charge in [0.2, 0.25) is 10.0 Å². The van der Waals surface area contributed by atoms with Gasteiger partial charge in [0.1, 0.15) is 16.5 Å². The van der Waals surface area contributed by atoms with Crippen molar-refractivity contribution in [2.45, 2.75) is 43.9 Å². The van der Waals surface area contributed by atoms with Crippen molar-refractivity contribution in [3.8, 4) is 32.1 Å². The number of hydroxylamine groups is 1. The number of nitrogens with zero attached hydrogens (tertiary/aromatic N) is 4. The van der Waals surface area contributed by atoms with E-state index >= 15 is 0 Å². The zero-order chi connectivity index (χ0) is 52.1. The van der Waals surface area contributed by atoms with Gasteiger partial charge in [0.05, 0.1) is 24.1 Å². The van der Waals surface area contributed by atoms with Gasteiger partial charge in [0.25, 0.3) is 17.7 Å². The minimum atomic E-state index is -3.55. The van der Waals surface area contributed by atoms with Crippen molar-refractivity contribution >= 4 is 123 Å². The first-order valence-corrected chi connectivity index (χ1v) is 28.4. The number of rotatable bonds is 9. The predicted octanol–water partition coefficient (Wildman–Crippen LogP) is 7.98. The zero-order valence-corrected chi connectivity index (χ0v) is 46.2. The zero-order valence-electron chi connectivity index (χ0n) is 39.0. The maximum Gasteiger partial charge on any atom is 0.303 e. The van der Waals surface area contributed by atoms with Gasteiger partial charge in [-0.15, -0.1) is 34.0 Å². The number of aliphatic carboxylic acids is 1. The minimum Gasteiger partial charge on any atom is -0.481 e. The van der Waals surface area contributed by atoms with Crippen LogP contribution < -0.4 is 32.9 Å². The van der Waals surface area contributed by atoms with Gasteiger partial charge in [-0.2, -0.15) is 11.3 Å². The maximum absolute atomic E-state index is 12.4. The van der Waals surface area contributed by atoms with Crippen molar-refractivity contribution in [3.63, 3.8) is 0 Å². The summed E-state index contributed by atoms with van der Waals surface area (Å²) in [6.45, 7) is 4.25. The Labute approximate surface area is 448 Å². The number of carboxylic acid groups (broad SMARTS) is 1. The summed E-state index contributed by atoms with van der Waals surface area (Å²) in [6, 6.07) is 15.0. The Bertz CT molecular complexity index is 3150. The number of thiophene rings is 4. The van der Waals surface area contributed by atoms with Crippen LogP contribution in [0.5, 0.6) is 0 Å². The summed E-state index contributed by atoms with van der Waals surface area (Å²) >= 11 is 12.7. The molecule has 10 N–H and O–H groups in total. The van der Waals surface area contributed by atoms with E-state index in [0.29, 0.717) is 53.8 Å². The number of aromatic nitrogens is 3. The van der Waals surface area contributed by atoms with Crippen LogP contribution in [0.2, 0.25) is 0 Å². The number of carboxylic acids is 1. The van der Waals surface area contributed by atoms with Crippen LogP contribution in [0.1, 0.15) is 64.6 Å². The molecule has 7 aromatic heterocycles. The number of carbonyl (C=O) groups is 4. The Balaban J connectivity index is 0.000000170. The summed E-state index contributed by atoms with van der Waals surface area (Å²) < 4.78 is 28.1. The molecule has 7 aromatic rings. The third kappa shape index (κ3) is 14.4. The third-order valence-corrected chi connectivity index (χ3v) is 18.0. The monoisotopic (exact) mass is 1200 g/mol. The lowest BCUT2D eigenvalue weighted by Gasteiger charge is -2.14. The molecular weight excluding hydrogens is 1150 g/mol. The van der Waals surface area contributed by atoms with Gasteiger partial charge in [-0.05, 0) is 139 Å². The molecule has 0 aromatic carbocycles. The molecule has 0 radical (unpaired) electrons. The molecule has 0 saturated heterocycles. The quantitative estimate of drug-likeness (QED) is 0.0637. The Morgan fingerprint density at radius 1 is 0.778 bits per heavy atom. The lowest BCUT2D eigenvalue weighted by molar-refractivity contribution is -0.136. The highest BCUT2D eigenvalue weighted by Crippen LogP contribution is 2.38. The molecule has 25 heteroatoms. The van der Waals surface area contributed by atoms with Crippen molar-refractivity contribution in [2.75, 3.05) is 51.7 Å². The van der Waals surface area contributed by atoms with Gasteiger partial charge in [-0.3, -0.25) is 24.2 Å². The van der Waals surface area contributed by atoms with E-state index in [1.165, 1.54) is 70.2 Å². The van der Waals surface area contributed by atoms with Gasteiger partial charge < -0.3 is 37.7 Å². The first-order chi connectivity index (χ1) is 34.4. The summed E-state index contributed by atoms with van der Waals surface area (Å²) in [5.74, 6) is 0.131.